The summed E-state index contributed by atoms with van der Waals surface area (Å²) in [5, 5.41) is 3.57. The lowest BCUT2D eigenvalue weighted by atomic mass is 9.79. The summed E-state index contributed by atoms with van der Waals surface area (Å²) in [6.45, 7) is 15.8. The van der Waals surface area contributed by atoms with Crippen LogP contribution in [0.2, 0.25) is 0 Å². The summed E-state index contributed by atoms with van der Waals surface area (Å²) in [4.78, 5) is 0. The highest BCUT2D eigenvalue weighted by Gasteiger charge is 2.25. The van der Waals surface area contributed by atoms with Crippen molar-refractivity contribution in [3.05, 3.63) is 0 Å². The zero-order valence-corrected chi connectivity index (χ0v) is 11.0. The Morgan fingerprint density at radius 2 is 1.14 bits per heavy atom. The van der Waals surface area contributed by atoms with Crippen LogP contribution >= 0.6 is 0 Å². The predicted octanol–water partition coefficient (Wildman–Crippen LogP) is 3.84. The molecule has 0 unspecified atom stereocenters. The van der Waals surface area contributed by atoms with Crippen molar-refractivity contribution in [2.75, 3.05) is 13.1 Å². The van der Waals surface area contributed by atoms with E-state index in [0.717, 1.165) is 0 Å². The van der Waals surface area contributed by atoms with E-state index in [-0.39, 0.29) is 0 Å². The molecule has 1 aliphatic heterocycles. The van der Waals surface area contributed by atoms with E-state index >= 15 is 0 Å². The van der Waals surface area contributed by atoms with Crippen LogP contribution in [0.4, 0.5) is 0 Å². The Balaban J connectivity index is 0.000000791. The van der Waals surface area contributed by atoms with Crippen LogP contribution in [0.3, 0.4) is 0 Å². The van der Waals surface area contributed by atoms with Crippen LogP contribution in [-0.4, -0.2) is 13.1 Å². The Morgan fingerprint density at radius 3 is 1.50 bits per heavy atom. The maximum Gasteiger partial charge on any atom is 0.000274 e. The summed E-state index contributed by atoms with van der Waals surface area (Å²) >= 11 is 0. The maximum absolute atomic E-state index is 3.57. The number of hydrogen-bond donors (Lipinski definition) is 1. The zero-order valence-electron chi connectivity index (χ0n) is 11.0. The van der Waals surface area contributed by atoms with Crippen molar-refractivity contribution in [3.63, 3.8) is 0 Å². The molecule has 1 aliphatic rings. The summed E-state index contributed by atoms with van der Waals surface area (Å²) in [6.07, 6.45) is 4.12. The molecule has 0 amide bonds. The van der Waals surface area contributed by atoms with E-state index in [1.165, 1.54) is 32.4 Å². The van der Waals surface area contributed by atoms with Gasteiger partial charge in [0.2, 0.25) is 0 Å². The van der Waals surface area contributed by atoms with Crippen molar-refractivity contribution in [1.29, 1.82) is 0 Å². The Labute approximate surface area is 90.7 Å². The van der Waals surface area contributed by atoms with E-state index in [4.69, 9.17) is 0 Å². The van der Waals surface area contributed by atoms with Gasteiger partial charge in [-0.1, -0.05) is 48.0 Å². The van der Waals surface area contributed by atoms with Gasteiger partial charge in [-0.15, -0.1) is 0 Å². The van der Waals surface area contributed by atoms with Gasteiger partial charge in [0, 0.05) is 13.1 Å². The predicted molar refractivity (Wildman–Crippen MR) is 65.6 cm³/mol. The molecule has 0 aromatic heterocycles. The highest BCUT2D eigenvalue weighted by Crippen LogP contribution is 2.30. The van der Waals surface area contributed by atoms with Crippen LogP contribution in [0.5, 0.6) is 0 Å². The van der Waals surface area contributed by atoms with Crippen molar-refractivity contribution in [1.82, 2.24) is 5.32 Å². The van der Waals surface area contributed by atoms with Crippen molar-refractivity contribution < 1.29 is 0 Å². The van der Waals surface area contributed by atoms with Crippen molar-refractivity contribution in [2.45, 2.75) is 60.8 Å². The molecule has 1 N–H and O–H groups in total. The second-order valence-corrected chi connectivity index (χ2v) is 5.79. The van der Waals surface area contributed by atoms with Crippen LogP contribution in [-0.2, 0) is 0 Å². The van der Waals surface area contributed by atoms with E-state index < -0.39 is 0 Å². The van der Waals surface area contributed by atoms with E-state index in [0.29, 0.717) is 10.8 Å². The van der Waals surface area contributed by atoms with Gasteiger partial charge in [0.1, 0.15) is 0 Å². The van der Waals surface area contributed by atoms with E-state index in [1.807, 2.05) is 13.8 Å². The molecule has 1 rings (SSSR count). The molecular weight excluding hydrogens is 170 g/mol. The Bertz CT molecular complexity index is 117. The van der Waals surface area contributed by atoms with Gasteiger partial charge in [-0.3, -0.25) is 0 Å². The molecule has 0 aromatic carbocycles. The topological polar surface area (TPSA) is 12.0 Å². The second-order valence-electron chi connectivity index (χ2n) is 5.79. The largest absolute Gasteiger partial charge is 0.316 e. The molecule has 0 spiro atoms. The molecule has 0 bridgehead atoms. The van der Waals surface area contributed by atoms with Gasteiger partial charge in [0.15, 0.2) is 0 Å². The van der Waals surface area contributed by atoms with Gasteiger partial charge < -0.3 is 5.32 Å². The first-order valence-electron chi connectivity index (χ1n) is 6.12. The monoisotopic (exact) mass is 199 g/mol. The summed E-state index contributed by atoms with van der Waals surface area (Å²) < 4.78 is 0. The molecule has 1 heteroatoms. The lowest BCUT2D eigenvalue weighted by molar-refractivity contribution is 0.208. The summed E-state index contributed by atoms with van der Waals surface area (Å²) in [5.74, 6) is 0. The molecule has 0 aromatic rings. The number of rotatable bonds is 0. The lowest BCUT2D eigenvalue weighted by Gasteiger charge is -2.34. The summed E-state index contributed by atoms with van der Waals surface area (Å²) in [5.41, 5.74) is 1.02. The molecular formula is C13H29N. The normalized spacial score (nSPS) is 25.3. The zero-order chi connectivity index (χ0) is 11.2. The van der Waals surface area contributed by atoms with E-state index in [2.05, 4.69) is 33.0 Å². The maximum atomic E-state index is 3.57. The fraction of sp³-hybridized carbons (Fsp3) is 1.00. The average molecular weight is 199 g/mol. The van der Waals surface area contributed by atoms with Crippen LogP contribution in [0.15, 0.2) is 0 Å². The Hall–Kier alpha value is -0.0400. The minimum Gasteiger partial charge on any atom is -0.316 e. The smallest absolute Gasteiger partial charge is 0.000274 e. The van der Waals surface area contributed by atoms with E-state index in [9.17, 15) is 0 Å². The van der Waals surface area contributed by atoms with Gasteiger partial charge in [-0.2, -0.15) is 0 Å². The standard InChI is InChI=1S/C11H23N.C2H6/c1-10(2)6-5-7-11(3,4)9-12-8-10;1-2/h12H,5-9H2,1-4H3;1-2H3. The first-order valence-corrected chi connectivity index (χ1v) is 6.12. The third-order valence-electron chi connectivity index (χ3n) is 2.91. The number of nitrogens with one attached hydrogen (secondary N) is 1. The Kier molecular flexibility index (Phi) is 5.73. The van der Waals surface area contributed by atoms with Crippen LogP contribution in [0, 0.1) is 10.8 Å². The first kappa shape index (κ1) is 14.0. The van der Waals surface area contributed by atoms with Gasteiger partial charge in [-0.25, -0.2) is 0 Å². The minimum absolute atomic E-state index is 0.510. The summed E-state index contributed by atoms with van der Waals surface area (Å²) in [7, 11) is 0. The molecule has 1 fully saturated rings. The molecule has 14 heavy (non-hydrogen) atoms. The molecule has 0 radical (unpaired) electrons. The molecule has 0 atom stereocenters. The fourth-order valence-electron chi connectivity index (χ4n) is 1.96. The van der Waals surface area contributed by atoms with Crippen LogP contribution < -0.4 is 5.32 Å². The van der Waals surface area contributed by atoms with Crippen molar-refractivity contribution >= 4 is 0 Å². The fourth-order valence-corrected chi connectivity index (χ4v) is 1.96. The molecule has 1 nitrogen and oxygen atoms in total. The summed E-state index contributed by atoms with van der Waals surface area (Å²) in [6, 6.07) is 0. The van der Waals surface area contributed by atoms with Crippen LogP contribution in [0.25, 0.3) is 0 Å². The molecule has 0 aliphatic carbocycles. The highest BCUT2D eigenvalue weighted by molar-refractivity contribution is 4.80. The van der Waals surface area contributed by atoms with Gasteiger partial charge >= 0.3 is 0 Å². The lowest BCUT2D eigenvalue weighted by Crippen LogP contribution is -2.38. The van der Waals surface area contributed by atoms with Gasteiger partial charge in [0.25, 0.3) is 0 Å². The number of hydrogen-bond acceptors (Lipinski definition) is 1. The second kappa shape index (κ2) is 5.75. The third kappa shape index (κ3) is 5.64. The SMILES string of the molecule is CC.CC1(C)CCCC(C)(C)CNC1. The quantitative estimate of drug-likeness (QED) is 0.625. The average Bonchev–Trinajstić information content (AvgIpc) is 2.04. The highest BCUT2D eigenvalue weighted by atomic mass is 14.9. The molecule has 1 heterocycles. The van der Waals surface area contributed by atoms with Crippen molar-refractivity contribution in [3.8, 4) is 0 Å². The van der Waals surface area contributed by atoms with Crippen LogP contribution in [0.1, 0.15) is 60.8 Å². The molecule has 0 saturated carbocycles. The van der Waals surface area contributed by atoms with Gasteiger partial charge in [0.05, 0.1) is 0 Å². The molecule has 1 saturated heterocycles. The Morgan fingerprint density at radius 1 is 0.786 bits per heavy atom. The first-order chi connectivity index (χ1) is 6.41. The minimum atomic E-state index is 0.510. The van der Waals surface area contributed by atoms with E-state index in [1.54, 1.807) is 0 Å². The molecule has 86 valence electrons. The van der Waals surface area contributed by atoms with Gasteiger partial charge in [-0.05, 0) is 23.7 Å². The van der Waals surface area contributed by atoms with Crippen molar-refractivity contribution in [2.24, 2.45) is 10.8 Å². The third-order valence-corrected chi connectivity index (χ3v) is 2.91.